The summed E-state index contributed by atoms with van der Waals surface area (Å²) in [4.78, 5) is 2.71. The number of hydrazine groups is 1. The molecule has 8 heteroatoms. The molecular formula is C12H25N5O2S. The van der Waals surface area contributed by atoms with Crippen LogP contribution in [0.3, 0.4) is 0 Å². The molecule has 0 spiro atoms. The van der Waals surface area contributed by atoms with Gasteiger partial charge < -0.3 is 5.32 Å². The first-order valence-corrected chi connectivity index (χ1v) is 8.22. The molecule has 0 saturated heterocycles. The number of rotatable bonds is 8. The van der Waals surface area contributed by atoms with Gasteiger partial charge in [0.05, 0.1) is 17.9 Å². The van der Waals surface area contributed by atoms with Crippen molar-refractivity contribution in [2.45, 2.75) is 38.6 Å². The molecule has 0 aliphatic heterocycles. The predicted molar refractivity (Wildman–Crippen MR) is 78.9 cm³/mol. The maximum absolute atomic E-state index is 12.3. The molecule has 20 heavy (non-hydrogen) atoms. The monoisotopic (exact) mass is 303 g/mol. The quantitative estimate of drug-likeness (QED) is 0.532. The molecule has 0 aliphatic rings. The van der Waals surface area contributed by atoms with Crippen LogP contribution in [0.1, 0.15) is 24.7 Å². The first-order chi connectivity index (χ1) is 9.29. The van der Waals surface area contributed by atoms with Gasteiger partial charge in [0.2, 0.25) is 0 Å². The standard InChI is InChI=1S/C12H25N5O2S/c1-6-7-13-8-9-17-11(3)12(10(2)14-17)20(18,19)15-16(4)5/h13,15H,6-9H2,1-5H3. The Kier molecular flexibility index (Phi) is 6.12. The van der Waals surface area contributed by atoms with Crippen molar-refractivity contribution in [3.63, 3.8) is 0 Å². The highest BCUT2D eigenvalue weighted by atomic mass is 32.2. The van der Waals surface area contributed by atoms with Crippen molar-refractivity contribution in [2.24, 2.45) is 0 Å². The Morgan fingerprint density at radius 3 is 2.45 bits per heavy atom. The maximum atomic E-state index is 12.3. The first kappa shape index (κ1) is 17.1. The molecule has 0 aliphatic carbocycles. The minimum Gasteiger partial charge on any atom is -0.315 e. The van der Waals surface area contributed by atoms with E-state index in [1.165, 1.54) is 5.01 Å². The van der Waals surface area contributed by atoms with Crippen LogP contribution in [0, 0.1) is 13.8 Å². The molecule has 0 unspecified atom stereocenters. The second-order valence-electron chi connectivity index (χ2n) is 4.96. The van der Waals surface area contributed by atoms with E-state index in [2.05, 4.69) is 22.2 Å². The van der Waals surface area contributed by atoms with Gasteiger partial charge in [0, 0.05) is 20.6 Å². The fourth-order valence-corrected chi connectivity index (χ4v) is 3.56. The molecule has 0 radical (unpaired) electrons. The maximum Gasteiger partial charge on any atom is 0.257 e. The zero-order chi connectivity index (χ0) is 15.3. The average Bonchev–Trinajstić information content (AvgIpc) is 2.58. The van der Waals surface area contributed by atoms with E-state index in [0.29, 0.717) is 17.9 Å². The van der Waals surface area contributed by atoms with Crippen molar-refractivity contribution < 1.29 is 8.42 Å². The Hall–Kier alpha value is -0.960. The minimum absolute atomic E-state index is 0.265. The van der Waals surface area contributed by atoms with Gasteiger partial charge in [-0.1, -0.05) is 6.92 Å². The highest BCUT2D eigenvalue weighted by Crippen LogP contribution is 2.19. The van der Waals surface area contributed by atoms with Crippen molar-refractivity contribution in [3.8, 4) is 0 Å². The summed E-state index contributed by atoms with van der Waals surface area (Å²) in [5.74, 6) is 0. The van der Waals surface area contributed by atoms with E-state index in [1.54, 1.807) is 32.6 Å². The first-order valence-electron chi connectivity index (χ1n) is 6.74. The number of nitrogens with one attached hydrogen (secondary N) is 2. The molecule has 1 heterocycles. The fourth-order valence-electron chi connectivity index (χ4n) is 2.06. The zero-order valence-corrected chi connectivity index (χ0v) is 13.7. The fraction of sp³-hybridized carbons (Fsp3) is 0.750. The largest absolute Gasteiger partial charge is 0.315 e. The summed E-state index contributed by atoms with van der Waals surface area (Å²) < 4.78 is 26.2. The summed E-state index contributed by atoms with van der Waals surface area (Å²) >= 11 is 0. The summed E-state index contributed by atoms with van der Waals surface area (Å²) in [5, 5.41) is 9.01. The lowest BCUT2D eigenvalue weighted by molar-refractivity contribution is 0.363. The van der Waals surface area contributed by atoms with E-state index in [0.717, 1.165) is 19.5 Å². The lowest BCUT2D eigenvalue weighted by atomic mass is 10.4. The van der Waals surface area contributed by atoms with Crippen LogP contribution in [0.2, 0.25) is 0 Å². The molecule has 1 aromatic heterocycles. The van der Waals surface area contributed by atoms with Gasteiger partial charge in [-0.3, -0.25) is 4.68 Å². The highest BCUT2D eigenvalue weighted by Gasteiger charge is 2.24. The van der Waals surface area contributed by atoms with Gasteiger partial charge in [0.1, 0.15) is 4.90 Å². The Morgan fingerprint density at radius 2 is 1.90 bits per heavy atom. The van der Waals surface area contributed by atoms with E-state index in [9.17, 15) is 8.42 Å². The molecule has 2 N–H and O–H groups in total. The summed E-state index contributed by atoms with van der Waals surface area (Å²) in [6.45, 7) is 7.98. The van der Waals surface area contributed by atoms with Crippen LogP contribution in [0.25, 0.3) is 0 Å². The second kappa shape index (κ2) is 7.16. The highest BCUT2D eigenvalue weighted by molar-refractivity contribution is 7.89. The van der Waals surface area contributed by atoms with E-state index >= 15 is 0 Å². The molecule has 0 saturated carbocycles. The second-order valence-corrected chi connectivity index (χ2v) is 6.56. The number of aromatic nitrogens is 2. The van der Waals surface area contributed by atoms with E-state index in [-0.39, 0.29) is 4.90 Å². The van der Waals surface area contributed by atoms with Crippen LogP contribution in [-0.4, -0.2) is 50.4 Å². The summed E-state index contributed by atoms with van der Waals surface area (Å²) in [6.07, 6.45) is 1.07. The predicted octanol–water partition coefficient (Wildman–Crippen LogP) is 0.254. The molecule has 0 aromatic carbocycles. The van der Waals surface area contributed by atoms with Crippen molar-refractivity contribution in [2.75, 3.05) is 27.2 Å². The number of sulfonamides is 1. The Balaban J connectivity index is 2.92. The van der Waals surface area contributed by atoms with Crippen molar-refractivity contribution >= 4 is 10.0 Å². The van der Waals surface area contributed by atoms with Gasteiger partial charge in [-0.25, -0.2) is 13.4 Å². The smallest absolute Gasteiger partial charge is 0.257 e. The molecule has 0 amide bonds. The van der Waals surface area contributed by atoms with Gasteiger partial charge in [-0.05, 0) is 26.8 Å². The number of hydrogen-bond acceptors (Lipinski definition) is 5. The van der Waals surface area contributed by atoms with Crippen LogP contribution in [0.4, 0.5) is 0 Å². The van der Waals surface area contributed by atoms with Gasteiger partial charge in [0.25, 0.3) is 10.0 Å². The van der Waals surface area contributed by atoms with Crippen molar-refractivity contribution in [3.05, 3.63) is 11.4 Å². The van der Waals surface area contributed by atoms with Crippen molar-refractivity contribution in [1.29, 1.82) is 0 Å². The van der Waals surface area contributed by atoms with Crippen molar-refractivity contribution in [1.82, 2.24) is 24.9 Å². The Morgan fingerprint density at radius 1 is 1.25 bits per heavy atom. The van der Waals surface area contributed by atoms with Gasteiger partial charge in [-0.2, -0.15) is 5.10 Å². The van der Waals surface area contributed by atoms with E-state index in [4.69, 9.17) is 0 Å². The zero-order valence-electron chi connectivity index (χ0n) is 12.9. The SMILES string of the molecule is CCCNCCn1nc(C)c(S(=O)(=O)NN(C)C)c1C. The lowest BCUT2D eigenvalue weighted by Gasteiger charge is -2.12. The number of nitrogens with zero attached hydrogens (tertiary/aromatic N) is 3. The topological polar surface area (TPSA) is 79.3 Å². The normalized spacial score (nSPS) is 12.3. The molecule has 0 atom stereocenters. The molecule has 0 fully saturated rings. The molecule has 116 valence electrons. The van der Waals surface area contributed by atoms with Crippen LogP contribution in [-0.2, 0) is 16.6 Å². The summed E-state index contributed by atoms with van der Waals surface area (Å²) in [6, 6.07) is 0. The third-order valence-electron chi connectivity index (χ3n) is 2.81. The third-order valence-corrected chi connectivity index (χ3v) is 4.55. The Bertz CT molecular complexity index is 536. The van der Waals surface area contributed by atoms with Crippen LogP contribution < -0.4 is 10.1 Å². The average molecular weight is 303 g/mol. The molecular weight excluding hydrogens is 278 g/mol. The number of aryl methyl sites for hydroxylation is 1. The molecule has 1 aromatic rings. The lowest BCUT2D eigenvalue weighted by Crippen LogP contribution is -2.36. The number of hydrogen-bond donors (Lipinski definition) is 2. The van der Waals surface area contributed by atoms with Gasteiger partial charge >= 0.3 is 0 Å². The van der Waals surface area contributed by atoms with Gasteiger partial charge in [0.15, 0.2) is 0 Å². The van der Waals surface area contributed by atoms with Crippen LogP contribution >= 0.6 is 0 Å². The van der Waals surface area contributed by atoms with E-state index < -0.39 is 10.0 Å². The summed E-state index contributed by atoms with van der Waals surface area (Å²) in [5.41, 5.74) is 1.18. The van der Waals surface area contributed by atoms with Crippen LogP contribution in [0.15, 0.2) is 4.90 Å². The molecule has 7 nitrogen and oxygen atoms in total. The molecule has 1 rings (SSSR count). The Labute approximate surface area is 121 Å². The van der Waals surface area contributed by atoms with E-state index in [1.807, 2.05) is 0 Å². The third kappa shape index (κ3) is 4.27. The molecule has 0 bridgehead atoms. The van der Waals surface area contributed by atoms with Crippen LogP contribution in [0.5, 0.6) is 0 Å². The minimum atomic E-state index is -3.56. The summed E-state index contributed by atoms with van der Waals surface area (Å²) in [7, 11) is -0.283. The van der Waals surface area contributed by atoms with Gasteiger partial charge in [-0.15, -0.1) is 4.83 Å².